The second-order valence-corrected chi connectivity index (χ2v) is 5.15. The van der Waals surface area contributed by atoms with Gasteiger partial charge in [0, 0.05) is 5.02 Å². The Morgan fingerprint density at radius 3 is 2.79 bits per heavy atom. The first kappa shape index (κ1) is 16.3. The van der Waals surface area contributed by atoms with Gasteiger partial charge in [-0.2, -0.15) is 0 Å². The molecule has 3 nitrogen and oxygen atoms in total. The molecular formula is C14H19Cl2NO2. The lowest BCUT2D eigenvalue weighted by atomic mass is 9.97. The molecule has 106 valence electrons. The number of alkyl halides is 1. The summed E-state index contributed by atoms with van der Waals surface area (Å²) >= 11 is 11.5. The van der Waals surface area contributed by atoms with Crippen molar-refractivity contribution in [2.45, 2.75) is 38.3 Å². The molecule has 19 heavy (non-hydrogen) atoms. The van der Waals surface area contributed by atoms with Crippen LogP contribution >= 0.6 is 23.2 Å². The largest absolute Gasteiger partial charge is 0.391 e. The van der Waals surface area contributed by atoms with Crippen LogP contribution in [0.3, 0.4) is 0 Å². The number of amides is 1. The van der Waals surface area contributed by atoms with Gasteiger partial charge in [-0.15, -0.1) is 11.6 Å². The van der Waals surface area contributed by atoms with Gasteiger partial charge in [0.05, 0.1) is 12.1 Å². The highest BCUT2D eigenvalue weighted by atomic mass is 35.5. The Morgan fingerprint density at radius 2 is 2.21 bits per heavy atom. The van der Waals surface area contributed by atoms with Crippen LogP contribution in [-0.4, -0.2) is 23.0 Å². The quantitative estimate of drug-likeness (QED) is 0.759. The molecule has 0 bridgehead atoms. The smallest absolute Gasteiger partial charge is 0.235 e. The van der Waals surface area contributed by atoms with Crippen LogP contribution in [0, 0.1) is 0 Å². The van der Waals surface area contributed by atoms with Gasteiger partial charge in [-0.1, -0.05) is 43.5 Å². The Balaban J connectivity index is 2.87. The van der Waals surface area contributed by atoms with E-state index in [-0.39, 0.29) is 11.8 Å². The number of carbonyl (C=O) groups excluding carboxylic acids is 1. The van der Waals surface area contributed by atoms with Gasteiger partial charge < -0.3 is 10.4 Å². The molecule has 0 spiro atoms. The predicted octanol–water partition coefficient (Wildman–Crippen LogP) is 3.29. The van der Waals surface area contributed by atoms with Crippen LogP contribution in [0.15, 0.2) is 24.3 Å². The van der Waals surface area contributed by atoms with E-state index >= 15 is 0 Å². The minimum Gasteiger partial charge on any atom is -0.391 e. The van der Waals surface area contributed by atoms with Gasteiger partial charge in [0.2, 0.25) is 5.91 Å². The van der Waals surface area contributed by atoms with Crippen molar-refractivity contribution < 1.29 is 9.90 Å². The maximum absolute atomic E-state index is 11.5. The molecule has 1 aromatic carbocycles. The highest BCUT2D eigenvalue weighted by molar-refractivity contribution is 6.30. The molecule has 1 amide bonds. The van der Waals surface area contributed by atoms with E-state index in [9.17, 15) is 9.90 Å². The van der Waals surface area contributed by atoms with Crippen molar-refractivity contribution in [2.24, 2.45) is 0 Å². The molecule has 0 heterocycles. The molecule has 0 fully saturated rings. The fraction of sp³-hybridized carbons (Fsp3) is 0.500. The van der Waals surface area contributed by atoms with Crippen molar-refractivity contribution in [1.29, 1.82) is 0 Å². The Labute approximate surface area is 123 Å². The first-order valence-electron chi connectivity index (χ1n) is 6.37. The van der Waals surface area contributed by atoms with Crippen molar-refractivity contribution >= 4 is 29.1 Å². The van der Waals surface area contributed by atoms with E-state index in [2.05, 4.69) is 12.2 Å². The van der Waals surface area contributed by atoms with Crippen molar-refractivity contribution in [3.8, 4) is 0 Å². The molecule has 0 radical (unpaired) electrons. The third-order valence-corrected chi connectivity index (χ3v) is 3.36. The third-order valence-electron chi connectivity index (χ3n) is 2.88. The first-order chi connectivity index (χ1) is 9.08. The van der Waals surface area contributed by atoms with Crippen LogP contribution in [0.2, 0.25) is 5.02 Å². The van der Waals surface area contributed by atoms with E-state index in [1.54, 1.807) is 18.2 Å². The van der Waals surface area contributed by atoms with Crippen LogP contribution in [0.4, 0.5) is 0 Å². The Kier molecular flexibility index (Phi) is 7.21. The lowest BCUT2D eigenvalue weighted by molar-refractivity contribution is -0.120. The van der Waals surface area contributed by atoms with E-state index in [1.165, 1.54) is 0 Å². The number of aliphatic hydroxyl groups excluding tert-OH is 1. The van der Waals surface area contributed by atoms with Gasteiger partial charge in [-0.25, -0.2) is 0 Å². The first-order valence-corrected chi connectivity index (χ1v) is 7.28. The molecular weight excluding hydrogens is 285 g/mol. The van der Waals surface area contributed by atoms with Crippen LogP contribution in [0.1, 0.15) is 37.8 Å². The summed E-state index contributed by atoms with van der Waals surface area (Å²) in [5.41, 5.74) is 0.787. The standard InChI is InChI=1S/C14H19Cl2NO2/c1-2-3-7-12(18)14(17-13(19)9-15)10-5-4-6-11(16)8-10/h4-6,8,12,14,18H,2-3,7,9H2,1H3,(H,17,19)/t12-,14-/m1/s1. The summed E-state index contributed by atoms with van der Waals surface area (Å²) in [6.45, 7) is 2.05. The lowest BCUT2D eigenvalue weighted by Gasteiger charge is -2.24. The normalized spacial score (nSPS) is 13.9. The van der Waals surface area contributed by atoms with Gasteiger partial charge in [0.15, 0.2) is 0 Å². The number of halogens is 2. The summed E-state index contributed by atoms with van der Waals surface area (Å²) in [4.78, 5) is 11.5. The fourth-order valence-corrected chi connectivity index (χ4v) is 2.17. The summed E-state index contributed by atoms with van der Waals surface area (Å²) in [6, 6.07) is 6.65. The molecule has 0 aliphatic heterocycles. The lowest BCUT2D eigenvalue weighted by Crippen LogP contribution is -2.37. The van der Waals surface area contributed by atoms with Crippen molar-refractivity contribution in [3.63, 3.8) is 0 Å². The molecule has 0 unspecified atom stereocenters. The second kappa shape index (κ2) is 8.41. The average molecular weight is 304 g/mol. The molecule has 2 atom stereocenters. The number of benzene rings is 1. The minimum absolute atomic E-state index is 0.127. The fourth-order valence-electron chi connectivity index (χ4n) is 1.89. The van der Waals surface area contributed by atoms with Gasteiger partial charge >= 0.3 is 0 Å². The summed E-state index contributed by atoms with van der Waals surface area (Å²) in [5.74, 6) is -0.431. The Bertz CT molecular complexity index is 412. The van der Waals surface area contributed by atoms with Crippen molar-refractivity contribution in [2.75, 3.05) is 5.88 Å². The molecule has 0 aliphatic carbocycles. The highest BCUT2D eigenvalue weighted by Crippen LogP contribution is 2.23. The molecule has 1 aromatic rings. The molecule has 1 rings (SSSR count). The van der Waals surface area contributed by atoms with Crippen LogP contribution in [0.25, 0.3) is 0 Å². The maximum Gasteiger partial charge on any atom is 0.235 e. The SMILES string of the molecule is CCCC[C@@H](O)[C@H](NC(=O)CCl)c1cccc(Cl)c1. The van der Waals surface area contributed by atoms with Crippen LogP contribution in [0.5, 0.6) is 0 Å². The van der Waals surface area contributed by atoms with Gasteiger partial charge in [0.1, 0.15) is 5.88 Å². The Morgan fingerprint density at radius 1 is 1.47 bits per heavy atom. The zero-order chi connectivity index (χ0) is 14.3. The molecule has 5 heteroatoms. The average Bonchev–Trinajstić information content (AvgIpc) is 2.41. The van der Waals surface area contributed by atoms with Crippen molar-refractivity contribution in [3.05, 3.63) is 34.9 Å². The zero-order valence-corrected chi connectivity index (χ0v) is 12.4. The number of hydrogen-bond donors (Lipinski definition) is 2. The van der Waals surface area contributed by atoms with Crippen LogP contribution < -0.4 is 5.32 Å². The number of nitrogens with one attached hydrogen (secondary N) is 1. The zero-order valence-electron chi connectivity index (χ0n) is 10.9. The van der Waals surface area contributed by atoms with E-state index in [0.29, 0.717) is 11.4 Å². The van der Waals surface area contributed by atoms with E-state index in [4.69, 9.17) is 23.2 Å². The summed E-state index contributed by atoms with van der Waals surface area (Å²) < 4.78 is 0. The molecule has 0 aliphatic rings. The minimum atomic E-state index is -0.648. The third kappa shape index (κ3) is 5.39. The summed E-state index contributed by atoms with van der Waals surface area (Å²) in [5, 5.41) is 13.5. The topological polar surface area (TPSA) is 49.3 Å². The number of unbranched alkanes of at least 4 members (excludes halogenated alkanes) is 1. The van der Waals surface area contributed by atoms with Gasteiger partial charge in [-0.3, -0.25) is 4.79 Å². The molecule has 0 saturated heterocycles. The van der Waals surface area contributed by atoms with Gasteiger partial charge in [-0.05, 0) is 24.1 Å². The number of hydrogen-bond acceptors (Lipinski definition) is 2. The highest BCUT2D eigenvalue weighted by Gasteiger charge is 2.22. The summed E-state index contributed by atoms with van der Waals surface area (Å²) in [6.07, 6.45) is 1.86. The number of aliphatic hydroxyl groups is 1. The molecule has 2 N–H and O–H groups in total. The number of carbonyl (C=O) groups is 1. The maximum atomic E-state index is 11.5. The molecule has 0 saturated carbocycles. The summed E-state index contributed by atoms with van der Waals surface area (Å²) in [7, 11) is 0. The van der Waals surface area contributed by atoms with Crippen LogP contribution in [-0.2, 0) is 4.79 Å². The van der Waals surface area contributed by atoms with E-state index in [0.717, 1.165) is 18.4 Å². The van der Waals surface area contributed by atoms with Crippen molar-refractivity contribution in [1.82, 2.24) is 5.32 Å². The monoisotopic (exact) mass is 303 g/mol. The second-order valence-electron chi connectivity index (χ2n) is 4.44. The van der Waals surface area contributed by atoms with Gasteiger partial charge in [0.25, 0.3) is 0 Å². The molecule has 0 aromatic heterocycles. The van der Waals surface area contributed by atoms with E-state index in [1.807, 2.05) is 6.07 Å². The Hall–Kier alpha value is -0.770. The number of rotatable bonds is 7. The predicted molar refractivity (Wildman–Crippen MR) is 78.6 cm³/mol. The van der Waals surface area contributed by atoms with E-state index < -0.39 is 12.1 Å².